The lowest BCUT2D eigenvalue weighted by Gasteiger charge is -2.12. The summed E-state index contributed by atoms with van der Waals surface area (Å²) in [7, 11) is 3.01. The SMILES string of the molecule is CNS(=O)(=O)c1ccc2nc(-c3cncn3C)n(-c3cccc4c3n(C)c(=O)n4C)c2c1. The molecule has 0 saturated heterocycles. The molecule has 3 heterocycles. The van der Waals surface area contributed by atoms with Crippen molar-refractivity contribution in [3.8, 4) is 17.2 Å². The number of rotatable bonds is 4. The predicted molar refractivity (Wildman–Crippen MR) is 121 cm³/mol. The van der Waals surface area contributed by atoms with E-state index in [4.69, 9.17) is 4.98 Å². The quantitative estimate of drug-likeness (QED) is 0.446. The van der Waals surface area contributed by atoms with Crippen LogP contribution in [0.15, 0.2) is 58.6 Å². The number of benzene rings is 2. The van der Waals surface area contributed by atoms with Gasteiger partial charge in [-0.3, -0.25) is 13.7 Å². The summed E-state index contributed by atoms with van der Waals surface area (Å²) in [5, 5.41) is 0. The lowest BCUT2D eigenvalue weighted by molar-refractivity contribution is 0.588. The number of sulfonamides is 1. The Morgan fingerprint density at radius 1 is 1.00 bits per heavy atom. The van der Waals surface area contributed by atoms with Crippen LogP contribution in [-0.2, 0) is 31.2 Å². The molecule has 32 heavy (non-hydrogen) atoms. The van der Waals surface area contributed by atoms with Crippen LogP contribution in [0.2, 0.25) is 0 Å². The number of hydrogen-bond donors (Lipinski definition) is 1. The monoisotopic (exact) mass is 451 g/mol. The molecule has 0 aliphatic heterocycles. The van der Waals surface area contributed by atoms with Crippen LogP contribution >= 0.6 is 0 Å². The fourth-order valence-corrected chi connectivity index (χ4v) is 4.82. The smallest absolute Gasteiger partial charge is 0.328 e. The van der Waals surface area contributed by atoms with Crippen LogP contribution in [-0.4, -0.2) is 43.7 Å². The van der Waals surface area contributed by atoms with Crippen molar-refractivity contribution >= 4 is 32.1 Å². The van der Waals surface area contributed by atoms with Crippen LogP contribution in [0, 0.1) is 0 Å². The fraction of sp³-hybridized carbons (Fsp3) is 0.190. The van der Waals surface area contributed by atoms with Gasteiger partial charge in [0.15, 0.2) is 5.82 Å². The summed E-state index contributed by atoms with van der Waals surface area (Å²) in [6, 6.07) is 10.4. The van der Waals surface area contributed by atoms with Crippen molar-refractivity contribution in [2.24, 2.45) is 21.1 Å². The lowest BCUT2D eigenvalue weighted by Crippen LogP contribution is -2.19. The molecule has 5 aromatic rings. The van der Waals surface area contributed by atoms with Gasteiger partial charge in [0.05, 0.1) is 45.2 Å². The molecule has 164 valence electrons. The number of aromatic nitrogens is 6. The maximum absolute atomic E-state index is 12.7. The molecule has 1 N–H and O–H groups in total. The van der Waals surface area contributed by atoms with Gasteiger partial charge < -0.3 is 4.57 Å². The van der Waals surface area contributed by atoms with E-state index in [-0.39, 0.29) is 10.6 Å². The van der Waals surface area contributed by atoms with Crippen molar-refractivity contribution in [3.05, 3.63) is 59.4 Å². The van der Waals surface area contributed by atoms with Gasteiger partial charge in [0.25, 0.3) is 0 Å². The van der Waals surface area contributed by atoms with Gasteiger partial charge >= 0.3 is 5.69 Å². The third kappa shape index (κ3) is 2.75. The van der Waals surface area contributed by atoms with Crippen molar-refractivity contribution in [1.29, 1.82) is 0 Å². The highest BCUT2D eigenvalue weighted by Gasteiger charge is 2.22. The molecule has 0 amide bonds. The predicted octanol–water partition coefficient (Wildman–Crippen LogP) is 1.52. The van der Waals surface area contributed by atoms with E-state index in [2.05, 4.69) is 9.71 Å². The molecule has 0 radical (unpaired) electrons. The van der Waals surface area contributed by atoms with Gasteiger partial charge in [-0.15, -0.1) is 0 Å². The number of aryl methyl sites for hydroxylation is 3. The Hall–Kier alpha value is -3.70. The van der Waals surface area contributed by atoms with Gasteiger partial charge in [-0.1, -0.05) is 6.07 Å². The van der Waals surface area contributed by atoms with Gasteiger partial charge in [0.1, 0.15) is 5.69 Å². The standard InChI is InChI=1S/C21H21N7O3S/c1-22-32(30,31)13-8-9-14-17(10-13)28(20(24-14)18-11-23-12-25(18)2)16-7-5-6-15-19(16)27(4)21(29)26(15)3/h5-12,22H,1-4H3. The zero-order chi connectivity index (χ0) is 22.8. The molecule has 0 spiro atoms. The molecule has 0 atom stereocenters. The number of fused-ring (bicyclic) bond motifs is 2. The number of para-hydroxylation sites is 1. The van der Waals surface area contributed by atoms with Crippen molar-refractivity contribution in [2.75, 3.05) is 7.05 Å². The highest BCUT2D eigenvalue weighted by Crippen LogP contribution is 2.32. The first-order valence-electron chi connectivity index (χ1n) is 9.82. The second-order valence-corrected chi connectivity index (χ2v) is 9.45. The molecule has 0 fully saturated rings. The summed E-state index contributed by atoms with van der Waals surface area (Å²) in [5.41, 5.74) is 3.99. The summed E-state index contributed by atoms with van der Waals surface area (Å²) >= 11 is 0. The van der Waals surface area contributed by atoms with Crippen LogP contribution in [0.4, 0.5) is 0 Å². The zero-order valence-corrected chi connectivity index (χ0v) is 18.8. The molecule has 0 unspecified atom stereocenters. The normalized spacial score (nSPS) is 12.2. The van der Waals surface area contributed by atoms with E-state index >= 15 is 0 Å². The van der Waals surface area contributed by atoms with Crippen LogP contribution in [0.1, 0.15) is 0 Å². The topological polar surface area (TPSA) is 109 Å². The molecular weight excluding hydrogens is 430 g/mol. The van der Waals surface area contributed by atoms with E-state index < -0.39 is 10.0 Å². The Balaban J connectivity index is 1.97. The molecule has 0 bridgehead atoms. The molecule has 3 aromatic heterocycles. The van der Waals surface area contributed by atoms with Gasteiger partial charge in [-0.05, 0) is 37.4 Å². The number of imidazole rings is 3. The molecule has 0 saturated carbocycles. The molecular formula is C21H21N7O3S. The highest BCUT2D eigenvalue weighted by atomic mass is 32.2. The summed E-state index contributed by atoms with van der Waals surface area (Å²) < 4.78 is 34.2. The maximum Gasteiger partial charge on any atom is 0.328 e. The Kier molecular flexibility index (Phi) is 4.36. The van der Waals surface area contributed by atoms with E-state index in [0.717, 1.165) is 11.2 Å². The Morgan fingerprint density at radius 3 is 2.47 bits per heavy atom. The first kappa shape index (κ1) is 20.2. The van der Waals surface area contributed by atoms with Crippen molar-refractivity contribution < 1.29 is 8.42 Å². The third-order valence-electron chi connectivity index (χ3n) is 5.76. The minimum atomic E-state index is -3.66. The van der Waals surface area contributed by atoms with Crippen molar-refractivity contribution in [1.82, 2.24) is 33.0 Å². The van der Waals surface area contributed by atoms with Crippen LogP contribution in [0.3, 0.4) is 0 Å². The first-order valence-corrected chi connectivity index (χ1v) is 11.3. The minimum Gasteiger partial charge on any atom is -0.331 e. The molecule has 10 nitrogen and oxygen atoms in total. The van der Waals surface area contributed by atoms with E-state index in [0.29, 0.717) is 28.1 Å². The molecule has 0 aliphatic carbocycles. The molecule has 2 aromatic carbocycles. The second-order valence-electron chi connectivity index (χ2n) is 7.56. The average molecular weight is 452 g/mol. The Bertz CT molecular complexity index is 1690. The molecule has 0 aliphatic rings. The van der Waals surface area contributed by atoms with Crippen LogP contribution in [0.25, 0.3) is 39.3 Å². The second kappa shape index (κ2) is 6.90. The zero-order valence-electron chi connectivity index (χ0n) is 17.9. The summed E-state index contributed by atoms with van der Waals surface area (Å²) in [4.78, 5) is 21.8. The van der Waals surface area contributed by atoms with Gasteiger partial charge in [0, 0.05) is 21.1 Å². The van der Waals surface area contributed by atoms with Gasteiger partial charge in [-0.2, -0.15) is 0 Å². The lowest BCUT2D eigenvalue weighted by atomic mass is 10.2. The Morgan fingerprint density at radius 2 is 1.78 bits per heavy atom. The largest absolute Gasteiger partial charge is 0.331 e. The van der Waals surface area contributed by atoms with E-state index in [1.807, 2.05) is 34.4 Å². The summed E-state index contributed by atoms with van der Waals surface area (Å²) in [6.07, 6.45) is 3.38. The third-order valence-corrected chi connectivity index (χ3v) is 7.17. The van der Waals surface area contributed by atoms with E-state index in [9.17, 15) is 13.2 Å². The number of nitrogens with one attached hydrogen (secondary N) is 1. The fourth-order valence-electron chi connectivity index (χ4n) is 4.07. The Labute approximate surface area is 183 Å². The highest BCUT2D eigenvalue weighted by molar-refractivity contribution is 7.89. The van der Waals surface area contributed by atoms with E-state index in [1.165, 1.54) is 13.1 Å². The number of nitrogens with zero attached hydrogens (tertiary/aromatic N) is 6. The summed E-state index contributed by atoms with van der Waals surface area (Å²) in [5.74, 6) is 0.586. The number of hydrogen-bond acceptors (Lipinski definition) is 5. The van der Waals surface area contributed by atoms with Gasteiger partial charge in [0.2, 0.25) is 10.0 Å². The summed E-state index contributed by atoms with van der Waals surface area (Å²) in [6.45, 7) is 0. The molecule has 11 heteroatoms. The maximum atomic E-state index is 12.7. The first-order chi connectivity index (χ1) is 15.2. The van der Waals surface area contributed by atoms with Crippen molar-refractivity contribution in [3.63, 3.8) is 0 Å². The van der Waals surface area contributed by atoms with Crippen LogP contribution in [0.5, 0.6) is 0 Å². The average Bonchev–Trinajstić information content (AvgIpc) is 3.44. The minimum absolute atomic E-state index is 0.124. The molecule has 5 rings (SSSR count). The van der Waals surface area contributed by atoms with E-state index in [1.54, 1.807) is 47.9 Å². The van der Waals surface area contributed by atoms with Crippen molar-refractivity contribution in [2.45, 2.75) is 4.90 Å². The van der Waals surface area contributed by atoms with Crippen LogP contribution < -0.4 is 10.4 Å². The van der Waals surface area contributed by atoms with Gasteiger partial charge in [-0.25, -0.2) is 27.9 Å².